The Kier molecular flexibility index (Phi) is 6.64. The van der Waals surface area contributed by atoms with Gasteiger partial charge in [0.2, 0.25) is 15.9 Å². The van der Waals surface area contributed by atoms with Gasteiger partial charge in [-0.05, 0) is 43.5 Å². The summed E-state index contributed by atoms with van der Waals surface area (Å²) in [7, 11) is -4.06. The molecule has 0 aliphatic carbocycles. The van der Waals surface area contributed by atoms with Crippen molar-refractivity contribution in [3.05, 3.63) is 29.8 Å². The zero-order valence-electron chi connectivity index (χ0n) is 14.1. The third-order valence-corrected chi connectivity index (χ3v) is 5.76. The van der Waals surface area contributed by atoms with Crippen LogP contribution < -0.4 is 10.5 Å². The second-order valence-corrected chi connectivity index (χ2v) is 8.02. The van der Waals surface area contributed by atoms with Crippen molar-refractivity contribution < 1.29 is 26.4 Å². The standard InChI is InChI=1S/C16H22F3N3O3S/c17-16(18,19)13-3-1-4-14(9-13)26(24,25)21-7-2-5-15(23)22-8-6-12(10-20)11-22/h1,3-4,9,12,21H,2,5-8,10-11,20H2. The molecule has 1 aliphatic heterocycles. The number of carbonyl (C=O) groups is 1. The van der Waals surface area contributed by atoms with E-state index in [1.165, 1.54) is 0 Å². The van der Waals surface area contributed by atoms with Crippen LogP contribution in [0.4, 0.5) is 13.2 Å². The number of likely N-dealkylation sites (tertiary alicyclic amines) is 1. The fourth-order valence-corrected chi connectivity index (χ4v) is 3.90. The molecule has 1 atom stereocenters. The van der Waals surface area contributed by atoms with Crippen LogP contribution in [0.2, 0.25) is 0 Å². The summed E-state index contributed by atoms with van der Waals surface area (Å²) in [4.78, 5) is 13.3. The number of hydrogen-bond acceptors (Lipinski definition) is 4. The van der Waals surface area contributed by atoms with Crippen LogP contribution in [0.15, 0.2) is 29.2 Å². The summed E-state index contributed by atoms with van der Waals surface area (Å²) in [6, 6.07) is 3.54. The second kappa shape index (κ2) is 8.36. The van der Waals surface area contributed by atoms with E-state index in [4.69, 9.17) is 5.73 Å². The van der Waals surface area contributed by atoms with Crippen LogP contribution in [0, 0.1) is 5.92 Å². The molecule has 1 aromatic rings. The van der Waals surface area contributed by atoms with E-state index < -0.39 is 26.7 Å². The highest BCUT2D eigenvalue weighted by molar-refractivity contribution is 7.89. The molecule has 26 heavy (non-hydrogen) atoms. The zero-order valence-corrected chi connectivity index (χ0v) is 14.9. The van der Waals surface area contributed by atoms with E-state index in [2.05, 4.69) is 4.72 Å². The minimum absolute atomic E-state index is 0.0293. The van der Waals surface area contributed by atoms with E-state index in [0.29, 0.717) is 31.6 Å². The predicted octanol–water partition coefficient (Wildman–Crippen LogP) is 1.57. The molecule has 0 aromatic heterocycles. The maximum Gasteiger partial charge on any atom is 0.416 e. The number of nitrogens with two attached hydrogens (primary N) is 1. The molecular formula is C16H22F3N3O3S. The molecule has 10 heteroatoms. The molecule has 1 saturated heterocycles. The number of nitrogens with one attached hydrogen (secondary N) is 1. The van der Waals surface area contributed by atoms with Gasteiger partial charge in [0.15, 0.2) is 0 Å². The first kappa shape index (κ1) is 20.7. The fourth-order valence-electron chi connectivity index (χ4n) is 2.78. The number of sulfonamides is 1. The molecule has 1 amide bonds. The highest BCUT2D eigenvalue weighted by Crippen LogP contribution is 2.30. The lowest BCUT2D eigenvalue weighted by atomic mass is 10.1. The fraction of sp³-hybridized carbons (Fsp3) is 0.562. The van der Waals surface area contributed by atoms with E-state index in [0.717, 1.165) is 24.6 Å². The normalized spacial score (nSPS) is 18.3. The number of hydrogen-bond donors (Lipinski definition) is 2. The van der Waals surface area contributed by atoms with Crippen molar-refractivity contribution in [3.63, 3.8) is 0 Å². The largest absolute Gasteiger partial charge is 0.416 e. The number of benzene rings is 1. The molecule has 2 rings (SSSR count). The number of rotatable bonds is 7. The molecule has 6 nitrogen and oxygen atoms in total. The van der Waals surface area contributed by atoms with Crippen molar-refractivity contribution in [2.45, 2.75) is 30.3 Å². The molecule has 0 saturated carbocycles. The Morgan fingerprint density at radius 1 is 1.35 bits per heavy atom. The van der Waals surface area contributed by atoms with Crippen LogP contribution in [0.3, 0.4) is 0 Å². The molecule has 3 N–H and O–H groups in total. The molecule has 0 radical (unpaired) electrons. The molecule has 0 bridgehead atoms. The van der Waals surface area contributed by atoms with Crippen LogP contribution in [0.25, 0.3) is 0 Å². The maximum atomic E-state index is 12.7. The summed E-state index contributed by atoms with van der Waals surface area (Å²) in [6.07, 6.45) is -3.32. The molecule has 1 aromatic carbocycles. The number of halogens is 3. The van der Waals surface area contributed by atoms with Gasteiger partial charge in [0.25, 0.3) is 0 Å². The lowest BCUT2D eigenvalue weighted by Crippen LogP contribution is -2.31. The van der Waals surface area contributed by atoms with Crippen LogP contribution >= 0.6 is 0 Å². The molecule has 1 heterocycles. The Balaban J connectivity index is 1.84. The van der Waals surface area contributed by atoms with Gasteiger partial charge in [-0.3, -0.25) is 4.79 Å². The second-order valence-electron chi connectivity index (χ2n) is 6.26. The van der Waals surface area contributed by atoms with Gasteiger partial charge < -0.3 is 10.6 Å². The minimum Gasteiger partial charge on any atom is -0.342 e. The van der Waals surface area contributed by atoms with E-state index in [9.17, 15) is 26.4 Å². The summed E-state index contributed by atoms with van der Waals surface area (Å²) >= 11 is 0. The van der Waals surface area contributed by atoms with Crippen LogP contribution in [-0.2, 0) is 21.0 Å². The Hall–Kier alpha value is -1.65. The summed E-state index contributed by atoms with van der Waals surface area (Å²) in [5.74, 6) is 0.234. The van der Waals surface area contributed by atoms with E-state index in [1.54, 1.807) is 4.90 Å². The number of nitrogens with zero attached hydrogens (tertiary/aromatic N) is 1. The topological polar surface area (TPSA) is 92.5 Å². The van der Waals surface area contributed by atoms with Gasteiger partial charge in [0.1, 0.15) is 0 Å². The first-order chi connectivity index (χ1) is 12.1. The molecule has 146 valence electrons. The van der Waals surface area contributed by atoms with E-state index in [-0.39, 0.29) is 25.3 Å². The number of amides is 1. The first-order valence-corrected chi connectivity index (χ1v) is 9.76. The van der Waals surface area contributed by atoms with Gasteiger partial charge in [-0.25, -0.2) is 13.1 Å². The minimum atomic E-state index is -4.62. The Labute approximate surface area is 150 Å². The van der Waals surface area contributed by atoms with E-state index in [1.807, 2.05) is 0 Å². The molecular weight excluding hydrogens is 371 g/mol. The molecule has 1 aliphatic rings. The lowest BCUT2D eigenvalue weighted by molar-refractivity contribution is -0.137. The van der Waals surface area contributed by atoms with Gasteiger partial charge in [0, 0.05) is 26.1 Å². The van der Waals surface area contributed by atoms with Gasteiger partial charge >= 0.3 is 6.18 Å². The first-order valence-electron chi connectivity index (χ1n) is 8.28. The molecule has 1 fully saturated rings. The van der Waals surface area contributed by atoms with Crippen molar-refractivity contribution in [1.29, 1.82) is 0 Å². The molecule has 1 unspecified atom stereocenters. The summed E-state index contributed by atoms with van der Waals surface area (Å²) in [6.45, 7) is 1.76. The third-order valence-electron chi connectivity index (χ3n) is 4.30. The summed E-state index contributed by atoms with van der Waals surface area (Å²) < 4.78 is 64.5. The van der Waals surface area contributed by atoms with Crippen LogP contribution in [-0.4, -0.2) is 45.4 Å². The van der Waals surface area contributed by atoms with Crippen molar-refractivity contribution in [1.82, 2.24) is 9.62 Å². The predicted molar refractivity (Wildman–Crippen MR) is 89.6 cm³/mol. The summed E-state index contributed by atoms with van der Waals surface area (Å²) in [5, 5.41) is 0. The van der Waals surface area contributed by atoms with Gasteiger partial charge in [-0.15, -0.1) is 0 Å². The average molecular weight is 393 g/mol. The third kappa shape index (κ3) is 5.42. The average Bonchev–Trinajstić information content (AvgIpc) is 3.07. The van der Waals surface area contributed by atoms with Crippen molar-refractivity contribution in [2.24, 2.45) is 11.7 Å². The number of alkyl halides is 3. The smallest absolute Gasteiger partial charge is 0.342 e. The highest BCUT2D eigenvalue weighted by Gasteiger charge is 2.31. The zero-order chi connectivity index (χ0) is 19.4. The van der Waals surface area contributed by atoms with Crippen molar-refractivity contribution in [3.8, 4) is 0 Å². The quantitative estimate of drug-likeness (QED) is 0.688. The Bertz CT molecular complexity index is 738. The van der Waals surface area contributed by atoms with Crippen molar-refractivity contribution >= 4 is 15.9 Å². The Morgan fingerprint density at radius 2 is 2.08 bits per heavy atom. The van der Waals surface area contributed by atoms with Gasteiger partial charge in [-0.2, -0.15) is 13.2 Å². The lowest BCUT2D eigenvalue weighted by Gasteiger charge is -2.16. The Morgan fingerprint density at radius 3 is 2.69 bits per heavy atom. The van der Waals surface area contributed by atoms with Crippen molar-refractivity contribution in [2.75, 3.05) is 26.2 Å². The SMILES string of the molecule is NCC1CCN(C(=O)CCCNS(=O)(=O)c2cccc(C(F)(F)F)c2)C1. The van der Waals surface area contributed by atoms with Gasteiger partial charge in [-0.1, -0.05) is 6.07 Å². The maximum absolute atomic E-state index is 12.7. The van der Waals surface area contributed by atoms with Gasteiger partial charge in [0.05, 0.1) is 10.5 Å². The van der Waals surface area contributed by atoms with E-state index >= 15 is 0 Å². The summed E-state index contributed by atoms with van der Waals surface area (Å²) in [5.41, 5.74) is 4.54. The highest BCUT2D eigenvalue weighted by atomic mass is 32.2. The molecule has 0 spiro atoms. The van der Waals surface area contributed by atoms with Crippen LogP contribution in [0.1, 0.15) is 24.8 Å². The number of carbonyl (C=O) groups excluding carboxylic acids is 1. The van der Waals surface area contributed by atoms with Crippen LogP contribution in [0.5, 0.6) is 0 Å². The monoisotopic (exact) mass is 393 g/mol.